The number of anilines is 1. The fourth-order valence-corrected chi connectivity index (χ4v) is 4.54. The van der Waals surface area contributed by atoms with Gasteiger partial charge in [0, 0.05) is 25.9 Å². The Balaban J connectivity index is 2.30. The van der Waals surface area contributed by atoms with Crippen LogP contribution in [0.2, 0.25) is 10.0 Å². The van der Waals surface area contributed by atoms with E-state index in [-0.39, 0.29) is 0 Å². The molecule has 3 aromatic rings. The standard InChI is InChI=1S/C15H8Cl2N2S2/c16-8-3-4-9(10(17)6-8)15-13(11-2-1-5-20-11)14(19)12(7-18)21-15/h1-6H,19H2. The molecular formula is C15H8Cl2N2S2. The second-order valence-electron chi connectivity index (χ2n) is 4.26. The number of nitriles is 1. The second kappa shape index (κ2) is 5.70. The van der Waals surface area contributed by atoms with Gasteiger partial charge in [0.15, 0.2) is 0 Å². The lowest BCUT2D eigenvalue weighted by Crippen LogP contribution is -1.88. The molecule has 2 N–H and O–H groups in total. The van der Waals surface area contributed by atoms with Crippen molar-refractivity contribution in [2.24, 2.45) is 0 Å². The molecule has 0 saturated heterocycles. The van der Waals surface area contributed by atoms with Crippen molar-refractivity contribution >= 4 is 51.6 Å². The Kier molecular flexibility index (Phi) is 3.92. The molecule has 2 aromatic heterocycles. The molecule has 0 radical (unpaired) electrons. The van der Waals surface area contributed by atoms with Crippen molar-refractivity contribution in [3.63, 3.8) is 0 Å². The summed E-state index contributed by atoms with van der Waals surface area (Å²) in [6, 6.07) is 11.4. The summed E-state index contributed by atoms with van der Waals surface area (Å²) in [7, 11) is 0. The average molecular weight is 351 g/mol. The minimum Gasteiger partial charge on any atom is -0.396 e. The fraction of sp³-hybridized carbons (Fsp3) is 0. The van der Waals surface area contributed by atoms with Crippen LogP contribution in [-0.4, -0.2) is 0 Å². The molecule has 6 heteroatoms. The third kappa shape index (κ3) is 2.54. The molecule has 104 valence electrons. The summed E-state index contributed by atoms with van der Waals surface area (Å²) in [6.45, 7) is 0. The van der Waals surface area contributed by atoms with Crippen LogP contribution in [0.1, 0.15) is 4.88 Å². The molecule has 0 amide bonds. The van der Waals surface area contributed by atoms with Gasteiger partial charge in [-0.3, -0.25) is 0 Å². The SMILES string of the molecule is N#Cc1sc(-c2ccc(Cl)cc2Cl)c(-c2cccs2)c1N. The molecule has 0 aliphatic rings. The van der Waals surface area contributed by atoms with Crippen molar-refractivity contribution in [3.8, 4) is 27.0 Å². The Bertz CT molecular complexity index is 845. The third-order valence-corrected chi connectivity index (χ3v) is 5.57. The van der Waals surface area contributed by atoms with E-state index in [1.165, 1.54) is 11.3 Å². The first-order valence-corrected chi connectivity index (χ1v) is 8.38. The fourth-order valence-electron chi connectivity index (χ4n) is 2.06. The lowest BCUT2D eigenvalue weighted by atomic mass is 10.1. The van der Waals surface area contributed by atoms with Crippen molar-refractivity contribution in [2.45, 2.75) is 0 Å². The number of nitrogens with two attached hydrogens (primary N) is 1. The Morgan fingerprint density at radius 3 is 2.62 bits per heavy atom. The Labute approximate surface area is 140 Å². The van der Waals surface area contributed by atoms with Gasteiger partial charge in [0.2, 0.25) is 0 Å². The van der Waals surface area contributed by atoms with Gasteiger partial charge in [0.25, 0.3) is 0 Å². The molecule has 0 atom stereocenters. The zero-order valence-electron chi connectivity index (χ0n) is 10.6. The minimum absolute atomic E-state index is 0.499. The predicted octanol–water partition coefficient (Wildman–Crippen LogP) is 5.90. The first kappa shape index (κ1) is 14.4. The summed E-state index contributed by atoms with van der Waals surface area (Å²) in [6.07, 6.45) is 0. The van der Waals surface area contributed by atoms with Gasteiger partial charge in [-0.25, -0.2) is 0 Å². The number of halogens is 2. The quantitative estimate of drug-likeness (QED) is 0.624. The lowest BCUT2D eigenvalue weighted by Gasteiger charge is -2.06. The van der Waals surface area contributed by atoms with E-state index in [4.69, 9.17) is 28.9 Å². The molecule has 0 saturated carbocycles. The Hall–Kier alpha value is -1.51. The zero-order valence-corrected chi connectivity index (χ0v) is 13.7. The number of hydrogen-bond acceptors (Lipinski definition) is 4. The van der Waals surface area contributed by atoms with E-state index in [1.54, 1.807) is 23.5 Å². The summed E-state index contributed by atoms with van der Waals surface area (Å²) < 4.78 is 0. The van der Waals surface area contributed by atoms with Crippen LogP contribution < -0.4 is 5.73 Å². The van der Waals surface area contributed by atoms with Crippen LogP contribution in [0.15, 0.2) is 35.7 Å². The molecule has 2 heterocycles. The number of nitrogens with zero attached hydrogens (tertiary/aromatic N) is 1. The summed E-state index contributed by atoms with van der Waals surface area (Å²) in [5.41, 5.74) is 8.36. The smallest absolute Gasteiger partial charge is 0.129 e. The molecule has 0 aliphatic carbocycles. The van der Waals surface area contributed by atoms with Crippen LogP contribution in [0.25, 0.3) is 20.9 Å². The number of benzene rings is 1. The van der Waals surface area contributed by atoms with E-state index in [0.717, 1.165) is 20.9 Å². The van der Waals surface area contributed by atoms with Crippen molar-refractivity contribution in [3.05, 3.63) is 50.6 Å². The van der Waals surface area contributed by atoms with Gasteiger partial charge in [-0.15, -0.1) is 22.7 Å². The molecule has 0 aliphatic heterocycles. The molecule has 2 nitrogen and oxygen atoms in total. The predicted molar refractivity (Wildman–Crippen MR) is 92.2 cm³/mol. The maximum absolute atomic E-state index is 9.24. The van der Waals surface area contributed by atoms with Crippen LogP contribution >= 0.6 is 45.9 Å². The van der Waals surface area contributed by atoms with Crippen molar-refractivity contribution in [1.29, 1.82) is 5.26 Å². The molecule has 0 fully saturated rings. The minimum atomic E-state index is 0.499. The van der Waals surface area contributed by atoms with E-state index >= 15 is 0 Å². The van der Waals surface area contributed by atoms with Crippen LogP contribution in [0.5, 0.6) is 0 Å². The van der Waals surface area contributed by atoms with Gasteiger partial charge in [-0.05, 0) is 23.6 Å². The van der Waals surface area contributed by atoms with E-state index < -0.39 is 0 Å². The summed E-state index contributed by atoms with van der Waals surface area (Å²) in [4.78, 5) is 2.42. The maximum Gasteiger partial charge on any atom is 0.129 e. The van der Waals surface area contributed by atoms with Gasteiger partial charge >= 0.3 is 0 Å². The zero-order chi connectivity index (χ0) is 15.0. The first-order chi connectivity index (χ1) is 10.1. The van der Waals surface area contributed by atoms with E-state index in [0.29, 0.717) is 20.6 Å². The van der Waals surface area contributed by atoms with Gasteiger partial charge < -0.3 is 5.73 Å². The highest BCUT2D eigenvalue weighted by molar-refractivity contribution is 7.19. The van der Waals surface area contributed by atoms with Gasteiger partial charge in [0.1, 0.15) is 10.9 Å². The topological polar surface area (TPSA) is 49.8 Å². The van der Waals surface area contributed by atoms with Gasteiger partial charge in [0.05, 0.1) is 10.7 Å². The van der Waals surface area contributed by atoms with Crippen LogP contribution in [0.3, 0.4) is 0 Å². The van der Waals surface area contributed by atoms with Gasteiger partial charge in [-0.1, -0.05) is 35.3 Å². The summed E-state index contributed by atoms with van der Waals surface area (Å²) >= 11 is 15.2. The summed E-state index contributed by atoms with van der Waals surface area (Å²) in [5, 5.41) is 12.3. The maximum atomic E-state index is 9.24. The molecule has 3 rings (SSSR count). The summed E-state index contributed by atoms with van der Waals surface area (Å²) in [5.74, 6) is 0. The number of rotatable bonds is 2. The van der Waals surface area contributed by atoms with Crippen LogP contribution in [0.4, 0.5) is 5.69 Å². The van der Waals surface area contributed by atoms with E-state index in [2.05, 4.69) is 6.07 Å². The molecule has 0 spiro atoms. The molecule has 0 unspecified atom stereocenters. The van der Waals surface area contributed by atoms with Crippen molar-refractivity contribution in [2.75, 3.05) is 5.73 Å². The highest BCUT2D eigenvalue weighted by Gasteiger charge is 2.21. The van der Waals surface area contributed by atoms with Crippen LogP contribution in [0, 0.1) is 11.3 Å². The number of thiophene rings is 2. The average Bonchev–Trinajstić information content (AvgIpc) is 3.06. The Morgan fingerprint density at radius 2 is 2.00 bits per heavy atom. The van der Waals surface area contributed by atoms with E-state index in [1.807, 2.05) is 23.6 Å². The molecule has 21 heavy (non-hydrogen) atoms. The van der Waals surface area contributed by atoms with Crippen molar-refractivity contribution in [1.82, 2.24) is 0 Å². The largest absolute Gasteiger partial charge is 0.396 e. The second-order valence-corrected chi connectivity index (χ2v) is 7.07. The first-order valence-electron chi connectivity index (χ1n) is 5.93. The van der Waals surface area contributed by atoms with Crippen molar-refractivity contribution < 1.29 is 0 Å². The number of hydrogen-bond donors (Lipinski definition) is 1. The van der Waals surface area contributed by atoms with E-state index in [9.17, 15) is 5.26 Å². The third-order valence-electron chi connectivity index (χ3n) is 2.99. The molecule has 1 aromatic carbocycles. The Morgan fingerprint density at radius 1 is 1.19 bits per heavy atom. The highest BCUT2D eigenvalue weighted by atomic mass is 35.5. The monoisotopic (exact) mass is 350 g/mol. The van der Waals surface area contributed by atoms with Crippen LogP contribution in [-0.2, 0) is 0 Å². The number of nitrogen functional groups attached to an aromatic ring is 1. The normalized spacial score (nSPS) is 10.5. The highest BCUT2D eigenvalue weighted by Crippen LogP contribution is 2.48. The molecule has 0 bridgehead atoms. The lowest BCUT2D eigenvalue weighted by molar-refractivity contribution is 1.52. The van der Waals surface area contributed by atoms with Gasteiger partial charge in [-0.2, -0.15) is 5.26 Å². The molecular weight excluding hydrogens is 343 g/mol.